The molecule has 1 amide bonds. The van der Waals surface area contributed by atoms with Crippen molar-refractivity contribution in [1.82, 2.24) is 14.5 Å². The van der Waals surface area contributed by atoms with Crippen LogP contribution < -0.4 is 5.56 Å². The fourth-order valence-corrected chi connectivity index (χ4v) is 5.31. The highest BCUT2D eigenvalue weighted by Gasteiger charge is 2.33. The monoisotopic (exact) mass is 633 g/mol. The van der Waals surface area contributed by atoms with Crippen LogP contribution in [0, 0.1) is 0 Å². The average molecular weight is 634 g/mol. The largest absolute Gasteiger partial charge is 0.416 e. The zero-order chi connectivity index (χ0) is 29.9. The smallest absolute Gasteiger partial charge is 0.328 e. The second-order valence-electron chi connectivity index (χ2n) is 9.84. The molecule has 0 spiro atoms. The Kier molecular flexibility index (Phi) is 8.59. The van der Waals surface area contributed by atoms with Crippen LogP contribution in [0.4, 0.5) is 13.2 Å². The molecule has 9 heteroatoms. The molecular formula is C33H27BrF3N3O2. The molecule has 4 aromatic carbocycles. The van der Waals surface area contributed by atoms with Crippen LogP contribution in [0.15, 0.2) is 112 Å². The summed E-state index contributed by atoms with van der Waals surface area (Å²) in [6.07, 6.45) is -3.78. The van der Waals surface area contributed by atoms with Crippen molar-refractivity contribution >= 4 is 32.7 Å². The van der Waals surface area contributed by atoms with E-state index in [2.05, 4.69) is 15.9 Å². The Labute approximate surface area is 249 Å². The minimum absolute atomic E-state index is 0.0883. The lowest BCUT2D eigenvalue weighted by molar-refractivity contribution is -0.137. The molecule has 5 nitrogen and oxygen atoms in total. The molecule has 0 aliphatic rings. The lowest BCUT2D eigenvalue weighted by Gasteiger charge is -2.33. The highest BCUT2D eigenvalue weighted by molar-refractivity contribution is 9.10. The van der Waals surface area contributed by atoms with Gasteiger partial charge in [0.25, 0.3) is 11.5 Å². The van der Waals surface area contributed by atoms with Crippen molar-refractivity contribution in [3.8, 4) is 5.69 Å². The number of carbonyl (C=O) groups excluding carboxylic acids is 1. The van der Waals surface area contributed by atoms with Crippen molar-refractivity contribution < 1.29 is 18.0 Å². The summed E-state index contributed by atoms with van der Waals surface area (Å²) in [5, 5.41) is 0.416. The Morgan fingerprint density at radius 3 is 2.31 bits per heavy atom. The Balaban J connectivity index is 1.68. The molecule has 1 atom stereocenters. The summed E-state index contributed by atoms with van der Waals surface area (Å²) in [6, 6.07) is 27.4. The van der Waals surface area contributed by atoms with Crippen LogP contribution in [0.25, 0.3) is 16.6 Å². The summed E-state index contributed by atoms with van der Waals surface area (Å²) in [5.41, 5.74) is 0.704. The van der Waals surface area contributed by atoms with Crippen LogP contribution in [0.1, 0.15) is 46.7 Å². The molecular weight excluding hydrogens is 607 g/mol. The van der Waals surface area contributed by atoms with Gasteiger partial charge in [-0.1, -0.05) is 71.4 Å². The standard InChI is InChI=1S/C33H27BrF3N3O2/c1-2-29(30-38-28-14-7-6-13-27(28)32(42)40(30)26-17-15-25(34)16-18-26)39(20-19-22-9-4-3-5-10-22)31(41)23-11-8-12-24(21-23)33(35,36)37/h3-18,21,29H,2,19-20H2,1H3. The van der Waals surface area contributed by atoms with Crippen LogP contribution >= 0.6 is 15.9 Å². The zero-order valence-corrected chi connectivity index (χ0v) is 24.3. The first-order valence-corrected chi connectivity index (χ1v) is 14.3. The van der Waals surface area contributed by atoms with Gasteiger partial charge in [-0.05, 0) is 73.0 Å². The van der Waals surface area contributed by atoms with Crippen molar-refractivity contribution in [2.45, 2.75) is 32.0 Å². The van der Waals surface area contributed by atoms with Gasteiger partial charge in [-0.25, -0.2) is 4.98 Å². The molecule has 0 saturated heterocycles. The molecule has 0 aliphatic carbocycles. The Bertz CT molecular complexity index is 1770. The van der Waals surface area contributed by atoms with E-state index in [0.717, 1.165) is 22.2 Å². The fourth-order valence-electron chi connectivity index (χ4n) is 5.04. The first-order chi connectivity index (χ1) is 20.2. The summed E-state index contributed by atoms with van der Waals surface area (Å²) in [5.74, 6) is -0.245. The van der Waals surface area contributed by atoms with E-state index in [-0.39, 0.29) is 17.7 Å². The Hall–Kier alpha value is -4.24. The second kappa shape index (κ2) is 12.3. The van der Waals surface area contributed by atoms with Gasteiger partial charge in [0.05, 0.1) is 28.2 Å². The van der Waals surface area contributed by atoms with Crippen LogP contribution in [0.5, 0.6) is 0 Å². The number of alkyl halides is 3. The maximum absolute atomic E-state index is 14.1. The molecule has 0 radical (unpaired) electrons. The number of rotatable bonds is 8. The third-order valence-electron chi connectivity index (χ3n) is 7.13. The summed E-state index contributed by atoms with van der Waals surface area (Å²) in [4.78, 5) is 34.5. The SMILES string of the molecule is CCC(c1nc2ccccc2c(=O)n1-c1ccc(Br)cc1)N(CCc1ccccc1)C(=O)c1cccc(C(F)(F)F)c1. The zero-order valence-electron chi connectivity index (χ0n) is 22.7. The molecule has 0 fully saturated rings. The molecule has 0 aliphatic heterocycles. The maximum Gasteiger partial charge on any atom is 0.416 e. The van der Waals surface area contributed by atoms with Gasteiger partial charge in [0.2, 0.25) is 0 Å². The Morgan fingerprint density at radius 2 is 1.62 bits per heavy atom. The molecule has 0 N–H and O–H groups in total. The topological polar surface area (TPSA) is 55.2 Å². The first kappa shape index (κ1) is 29.3. The number of nitrogens with zero attached hydrogens (tertiary/aromatic N) is 3. The van der Waals surface area contributed by atoms with Crippen LogP contribution in [-0.4, -0.2) is 26.9 Å². The number of fused-ring (bicyclic) bond motifs is 1. The van der Waals surface area contributed by atoms with Gasteiger partial charge in [-0.15, -0.1) is 0 Å². The predicted octanol–water partition coefficient (Wildman–Crippen LogP) is 8.00. The molecule has 214 valence electrons. The molecule has 1 aromatic heterocycles. The number of benzene rings is 4. The van der Waals surface area contributed by atoms with E-state index < -0.39 is 23.7 Å². The summed E-state index contributed by atoms with van der Waals surface area (Å²) >= 11 is 3.43. The van der Waals surface area contributed by atoms with Gasteiger partial charge in [-0.2, -0.15) is 13.2 Å². The van der Waals surface area contributed by atoms with Crippen molar-refractivity contribution in [2.75, 3.05) is 6.54 Å². The lowest BCUT2D eigenvalue weighted by atomic mass is 10.0. The molecule has 42 heavy (non-hydrogen) atoms. The fraction of sp³-hybridized carbons (Fsp3) is 0.182. The van der Waals surface area contributed by atoms with Gasteiger partial charge in [0, 0.05) is 16.6 Å². The number of hydrogen-bond acceptors (Lipinski definition) is 3. The van der Waals surface area contributed by atoms with E-state index in [1.807, 2.05) is 49.4 Å². The third kappa shape index (κ3) is 6.16. The number of halogens is 4. The highest BCUT2D eigenvalue weighted by atomic mass is 79.9. The van der Waals surface area contributed by atoms with E-state index in [0.29, 0.717) is 35.3 Å². The predicted molar refractivity (Wildman–Crippen MR) is 161 cm³/mol. The minimum Gasteiger partial charge on any atom is -0.328 e. The number of hydrogen-bond donors (Lipinski definition) is 0. The van der Waals surface area contributed by atoms with Crippen molar-refractivity contribution in [2.24, 2.45) is 0 Å². The average Bonchev–Trinajstić information content (AvgIpc) is 3.00. The van der Waals surface area contributed by atoms with E-state index in [1.165, 1.54) is 21.6 Å². The summed E-state index contributed by atoms with van der Waals surface area (Å²) < 4.78 is 43.1. The maximum atomic E-state index is 14.1. The molecule has 0 bridgehead atoms. The lowest BCUT2D eigenvalue weighted by Crippen LogP contribution is -2.39. The second-order valence-corrected chi connectivity index (χ2v) is 10.8. The number of carbonyl (C=O) groups is 1. The van der Waals surface area contributed by atoms with Crippen LogP contribution in [-0.2, 0) is 12.6 Å². The van der Waals surface area contributed by atoms with Gasteiger partial charge in [0.15, 0.2) is 0 Å². The normalized spacial score (nSPS) is 12.3. The van der Waals surface area contributed by atoms with E-state index in [4.69, 9.17) is 4.98 Å². The van der Waals surface area contributed by atoms with Crippen molar-refractivity contribution in [3.05, 3.63) is 140 Å². The van der Waals surface area contributed by atoms with E-state index >= 15 is 0 Å². The van der Waals surface area contributed by atoms with Crippen LogP contribution in [0.3, 0.4) is 0 Å². The summed E-state index contributed by atoms with van der Waals surface area (Å²) in [6.45, 7) is 2.06. The highest BCUT2D eigenvalue weighted by Crippen LogP contribution is 2.32. The van der Waals surface area contributed by atoms with Crippen molar-refractivity contribution in [1.29, 1.82) is 0 Å². The first-order valence-electron chi connectivity index (χ1n) is 13.5. The van der Waals surface area contributed by atoms with Gasteiger partial charge in [-0.3, -0.25) is 14.2 Å². The number of para-hydroxylation sites is 1. The molecule has 5 aromatic rings. The molecule has 5 rings (SSSR count). The van der Waals surface area contributed by atoms with Gasteiger partial charge in [0.1, 0.15) is 5.82 Å². The van der Waals surface area contributed by atoms with Crippen LogP contribution in [0.2, 0.25) is 0 Å². The van der Waals surface area contributed by atoms with Crippen molar-refractivity contribution in [3.63, 3.8) is 0 Å². The minimum atomic E-state index is -4.60. The van der Waals surface area contributed by atoms with Gasteiger partial charge >= 0.3 is 6.18 Å². The molecule has 1 heterocycles. The third-order valence-corrected chi connectivity index (χ3v) is 7.66. The number of amides is 1. The molecule has 0 saturated carbocycles. The molecule has 1 unspecified atom stereocenters. The van der Waals surface area contributed by atoms with E-state index in [9.17, 15) is 22.8 Å². The quantitative estimate of drug-likeness (QED) is 0.174. The van der Waals surface area contributed by atoms with E-state index in [1.54, 1.807) is 36.4 Å². The number of aromatic nitrogens is 2. The summed E-state index contributed by atoms with van der Waals surface area (Å²) in [7, 11) is 0. The van der Waals surface area contributed by atoms with Gasteiger partial charge < -0.3 is 4.90 Å². The Morgan fingerprint density at radius 1 is 0.929 bits per heavy atom.